The molecule has 0 heterocycles. The molecule has 2 fully saturated rings. The summed E-state index contributed by atoms with van der Waals surface area (Å²) in [5.74, 6) is 3.52. The van der Waals surface area contributed by atoms with Gasteiger partial charge in [0.1, 0.15) is 5.75 Å². The fourth-order valence-electron chi connectivity index (χ4n) is 6.57. The third kappa shape index (κ3) is 2.33. The summed E-state index contributed by atoms with van der Waals surface area (Å²) >= 11 is 0. The van der Waals surface area contributed by atoms with E-state index in [1.165, 1.54) is 44.9 Å². The molecule has 0 bridgehead atoms. The molecule has 2 heteroatoms. The molecule has 2 saturated carbocycles. The Kier molecular flexibility index (Phi) is 4.36. The Morgan fingerprint density at radius 2 is 2.00 bits per heavy atom. The van der Waals surface area contributed by atoms with Crippen molar-refractivity contribution >= 4 is 0 Å². The highest BCUT2D eigenvalue weighted by atomic mass is 16.5. The number of rotatable bonds is 4. The highest BCUT2D eigenvalue weighted by Gasteiger charge is 2.56. The number of aryl methyl sites for hydroxylation is 1. The summed E-state index contributed by atoms with van der Waals surface area (Å²) in [7, 11) is 1.77. The van der Waals surface area contributed by atoms with Crippen LogP contribution >= 0.6 is 0 Å². The van der Waals surface area contributed by atoms with Gasteiger partial charge in [0, 0.05) is 6.61 Å². The SMILES string of the molecule is CCO[C@H]1CC[C@H]2[C@@H]3CCc4cc(OC)ccc4[C@H]3CCC12CC. The van der Waals surface area contributed by atoms with Crippen LogP contribution in [-0.4, -0.2) is 19.8 Å². The van der Waals surface area contributed by atoms with Crippen molar-refractivity contribution < 1.29 is 9.47 Å². The molecule has 132 valence electrons. The zero-order valence-corrected chi connectivity index (χ0v) is 15.5. The maximum Gasteiger partial charge on any atom is 0.119 e. The Hall–Kier alpha value is -1.02. The van der Waals surface area contributed by atoms with E-state index >= 15 is 0 Å². The number of benzene rings is 1. The molecule has 0 saturated heterocycles. The van der Waals surface area contributed by atoms with Crippen molar-refractivity contribution in [1.29, 1.82) is 0 Å². The summed E-state index contributed by atoms with van der Waals surface area (Å²) in [5.41, 5.74) is 3.62. The van der Waals surface area contributed by atoms with Crippen LogP contribution in [0, 0.1) is 17.3 Å². The highest BCUT2D eigenvalue weighted by molar-refractivity contribution is 5.40. The van der Waals surface area contributed by atoms with Crippen LogP contribution in [0.25, 0.3) is 0 Å². The van der Waals surface area contributed by atoms with E-state index in [2.05, 4.69) is 32.0 Å². The van der Waals surface area contributed by atoms with Crippen molar-refractivity contribution in [3.63, 3.8) is 0 Å². The first-order valence-corrected chi connectivity index (χ1v) is 10.0. The summed E-state index contributed by atoms with van der Waals surface area (Å²) in [6, 6.07) is 6.81. The van der Waals surface area contributed by atoms with Crippen LogP contribution in [0.1, 0.15) is 69.4 Å². The zero-order valence-electron chi connectivity index (χ0n) is 15.5. The minimum Gasteiger partial charge on any atom is -0.497 e. The largest absolute Gasteiger partial charge is 0.497 e. The van der Waals surface area contributed by atoms with E-state index in [1.807, 2.05) is 0 Å². The van der Waals surface area contributed by atoms with Gasteiger partial charge in [-0.05, 0) is 98.3 Å². The molecule has 3 aliphatic carbocycles. The van der Waals surface area contributed by atoms with E-state index in [4.69, 9.17) is 9.47 Å². The van der Waals surface area contributed by atoms with Crippen molar-refractivity contribution in [2.45, 2.75) is 70.8 Å². The molecule has 0 amide bonds. The molecule has 5 atom stereocenters. The molecular formula is C22H32O2. The fourth-order valence-corrected chi connectivity index (χ4v) is 6.57. The maximum atomic E-state index is 6.23. The van der Waals surface area contributed by atoms with Crippen molar-refractivity contribution in [1.82, 2.24) is 0 Å². The normalized spacial score (nSPS) is 37.5. The second kappa shape index (κ2) is 6.37. The standard InChI is InChI=1S/C22H32O2/c1-4-22-13-12-18-17-9-7-16(23-3)14-15(17)6-8-19(18)20(22)10-11-21(22)24-5-2/h7,9,14,18-21H,4-6,8,10-13H2,1-3H3/t18-,19-,20+,21+,22?/m1/s1. The predicted octanol–water partition coefficient (Wildman–Crippen LogP) is 5.35. The van der Waals surface area contributed by atoms with E-state index in [-0.39, 0.29) is 0 Å². The van der Waals surface area contributed by atoms with Gasteiger partial charge in [-0.1, -0.05) is 13.0 Å². The molecule has 3 aliphatic rings. The van der Waals surface area contributed by atoms with Gasteiger partial charge in [-0.15, -0.1) is 0 Å². The third-order valence-electron chi connectivity index (χ3n) is 7.60. The summed E-state index contributed by atoms with van der Waals surface area (Å²) in [6.45, 7) is 5.44. The van der Waals surface area contributed by atoms with Crippen molar-refractivity contribution in [2.75, 3.05) is 13.7 Å². The number of ether oxygens (including phenoxy) is 2. The molecule has 24 heavy (non-hydrogen) atoms. The second-order valence-electron chi connectivity index (χ2n) is 8.13. The number of hydrogen-bond acceptors (Lipinski definition) is 2. The summed E-state index contributed by atoms with van der Waals surface area (Å²) in [5, 5.41) is 0. The molecule has 0 spiro atoms. The van der Waals surface area contributed by atoms with Gasteiger partial charge in [0.15, 0.2) is 0 Å². The Balaban J connectivity index is 1.64. The van der Waals surface area contributed by atoms with Gasteiger partial charge in [-0.3, -0.25) is 0 Å². The molecule has 2 nitrogen and oxygen atoms in total. The summed E-state index contributed by atoms with van der Waals surface area (Å²) in [6.07, 6.45) is 9.75. The van der Waals surface area contributed by atoms with Crippen molar-refractivity contribution in [2.24, 2.45) is 17.3 Å². The topological polar surface area (TPSA) is 18.5 Å². The van der Waals surface area contributed by atoms with Crippen molar-refractivity contribution in [3.8, 4) is 5.75 Å². The Morgan fingerprint density at radius 1 is 1.12 bits per heavy atom. The van der Waals surface area contributed by atoms with Crippen molar-refractivity contribution in [3.05, 3.63) is 29.3 Å². The molecule has 1 unspecified atom stereocenters. The molecule has 0 radical (unpaired) electrons. The van der Waals surface area contributed by atoms with E-state index in [9.17, 15) is 0 Å². The molecular weight excluding hydrogens is 296 g/mol. The summed E-state index contributed by atoms with van der Waals surface area (Å²) < 4.78 is 11.7. The quantitative estimate of drug-likeness (QED) is 0.742. The van der Waals surface area contributed by atoms with Gasteiger partial charge >= 0.3 is 0 Å². The monoisotopic (exact) mass is 328 g/mol. The van der Waals surface area contributed by atoms with Gasteiger partial charge in [0.2, 0.25) is 0 Å². The molecule has 0 aliphatic heterocycles. The lowest BCUT2D eigenvalue weighted by atomic mass is 9.54. The van der Waals surface area contributed by atoms with E-state index in [1.54, 1.807) is 18.2 Å². The van der Waals surface area contributed by atoms with Crippen LogP contribution in [0.3, 0.4) is 0 Å². The zero-order chi connectivity index (χ0) is 16.7. The second-order valence-corrected chi connectivity index (χ2v) is 8.13. The van der Waals surface area contributed by atoms with E-state index in [0.29, 0.717) is 11.5 Å². The lowest BCUT2D eigenvalue weighted by Gasteiger charge is -2.52. The van der Waals surface area contributed by atoms with Crippen LogP contribution in [0.2, 0.25) is 0 Å². The van der Waals surface area contributed by atoms with Gasteiger partial charge in [0.05, 0.1) is 13.2 Å². The first-order chi connectivity index (χ1) is 11.7. The van der Waals surface area contributed by atoms with Crippen LogP contribution in [0.4, 0.5) is 0 Å². The first kappa shape index (κ1) is 16.4. The van der Waals surface area contributed by atoms with E-state index in [0.717, 1.165) is 30.1 Å². The van der Waals surface area contributed by atoms with Crippen LogP contribution < -0.4 is 4.74 Å². The molecule has 4 rings (SSSR count). The minimum absolute atomic E-state index is 0.459. The minimum atomic E-state index is 0.459. The molecule has 1 aromatic carbocycles. The number of hydrogen-bond donors (Lipinski definition) is 0. The Morgan fingerprint density at radius 3 is 2.75 bits per heavy atom. The van der Waals surface area contributed by atoms with E-state index < -0.39 is 0 Å². The number of methoxy groups -OCH3 is 1. The van der Waals surface area contributed by atoms with Gasteiger partial charge < -0.3 is 9.47 Å². The Bertz CT molecular complexity index is 596. The van der Waals surface area contributed by atoms with Crippen LogP contribution in [-0.2, 0) is 11.2 Å². The predicted molar refractivity (Wildman–Crippen MR) is 97.6 cm³/mol. The third-order valence-corrected chi connectivity index (χ3v) is 7.60. The smallest absolute Gasteiger partial charge is 0.119 e. The maximum absolute atomic E-state index is 6.23. The van der Waals surface area contributed by atoms with Crippen LogP contribution in [0.15, 0.2) is 18.2 Å². The summed E-state index contributed by atoms with van der Waals surface area (Å²) in [4.78, 5) is 0. The van der Waals surface area contributed by atoms with Crippen LogP contribution in [0.5, 0.6) is 5.75 Å². The van der Waals surface area contributed by atoms with Gasteiger partial charge in [0.25, 0.3) is 0 Å². The highest BCUT2D eigenvalue weighted by Crippen LogP contribution is 2.63. The lowest BCUT2D eigenvalue weighted by molar-refractivity contribution is -0.0734. The molecule has 1 aromatic rings. The number of fused-ring (bicyclic) bond motifs is 5. The van der Waals surface area contributed by atoms with Gasteiger partial charge in [-0.25, -0.2) is 0 Å². The fraction of sp³-hybridized carbons (Fsp3) is 0.727. The van der Waals surface area contributed by atoms with Gasteiger partial charge in [-0.2, -0.15) is 0 Å². The molecule has 0 aromatic heterocycles. The lowest BCUT2D eigenvalue weighted by Crippen LogP contribution is -2.46. The molecule has 0 N–H and O–H groups in total. The Labute approximate surface area is 146 Å². The average Bonchev–Trinajstić information content (AvgIpc) is 3.00. The first-order valence-electron chi connectivity index (χ1n) is 10.0. The average molecular weight is 328 g/mol.